The third-order valence-electron chi connectivity index (χ3n) is 7.18. The zero-order valence-electron chi connectivity index (χ0n) is 23.5. The molecule has 5 rings (SSSR count). The normalized spacial score (nSPS) is 12.1. The highest BCUT2D eigenvalue weighted by molar-refractivity contribution is 5.83. The number of hydrogen-bond acceptors (Lipinski definition) is 4. The summed E-state index contributed by atoms with van der Waals surface area (Å²) in [6.07, 6.45) is 0.631. The van der Waals surface area contributed by atoms with E-state index in [0.717, 1.165) is 26.8 Å². The van der Waals surface area contributed by atoms with Gasteiger partial charge in [-0.05, 0) is 66.9 Å². The minimum Gasteiger partial charge on any atom is -0.337 e. The van der Waals surface area contributed by atoms with Crippen LogP contribution in [0.4, 0.5) is 18.0 Å². The molecule has 3 heterocycles. The average Bonchev–Trinajstić information content (AvgIpc) is 3.57. The number of aromatic nitrogens is 5. The molecule has 2 aromatic carbocycles. The molecule has 1 atom stereocenters. The zero-order chi connectivity index (χ0) is 30.9. The van der Waals surface area contributed by atoms with Gasteiger partial charge in [-0.3, -0.25) is 4.57 Å². The molecule has 1 N–H and O–H groups in total. The lowest BCUT2D eigenvalue weighted by molar-refractivity contribution is -0.671. The number of amides is 1. The largest absolute Gasteiger partial charge is 0.416 e. The van der Waals surface area contributed by atoms with Crippen LogP contribution in [-0.4, -0.2) is 31.5 Å². The van der Waals surface area contributed by atoms with Crippen molar-refractivity contribution in [2.75, 3.05) is 6.54 Å². The summed E-state index contributed by atoms with van der Waals surface area (Å²) in [5.74, 6) is -0.0971. The zero-order valence-corrected chi connectivity index (χ0v) is 23.5. The van der Waals surface area contributed by atoms with E-state index in [4.69, 9.17) is 0 Å². The molecule has 0 radical (unpaired) electrons. The molecule has 0 bridgehead atoms. The Morgan fingerprint density at radius 1 is 1.07 bits per heavy atom. The second-order valence-electron chi connectivity index (χ2n) is 10.1. The van der Waals surface area contributed by atoms with Gasteiger partial charge in [0.25, 0.3) is 0 Å². The van der Waals surface area contributed by atoms with E-state index in [0.29, 0.717) is 16.9 Å². The molecular weight excluding hydrogens is 559 g/mol. The highest BCUT2D eigenvalue weighted by atomic mass is 19.4. The summed E-state index contributed by atoms with van der Waals surface area (Å²) in [5.41, 5.74) is 0.891. The van der Waals surface area contributed by atoms with Gasteiger partial charge in [-0.25, -0.2) is 23.4 Å². The van der Waals surface area contributed by atoms with Gasteiger partial charge in [0, 0.05) is 18.7 Å². The molecule has 0 saturated carbocycles. The summed E-state index contributed by atoms with van der Waals surface area (Å²) < 4.78 is 46.1. The van der Waals surface area contributed by atoms with Gasteiger partial charge >= 0.3 is 17.9 Å². The molecule has 0 spiro atoms. The third kappa shape index (κ3) is 5.70. The van der Waals surface area contributed by atoms with Crippen LogP contribution in [0.2, 0.25) is 0 Å². The summed E-state index contributed by atoms with van der Waals surface area (Å²) in [4.78, 5) is 27.6. The maximum absolute atomic E-state index is 13.9. The summed E-state index contributed by atoms with van der Waals surface area (Å²) in [6.45, 7) is 3.68. The van der Waals surface area contributed by atoms with Crippen LogP contribution in [0.15, 0.2) is 90.1 Å². The van der Waals surface area contributed by atoms with Crippen molar-refractivity contribution < 1.29 is 22.5 Å². The van der Waals surface area contributed by atoms with Crippen LogP contribution in [0.3, 0.4) is 0 Å². The van der Waals surface area contributed by atoms with Crippen LogP contribution in [0.1, 0.15) is 35.2 Å². The molecule has 0 fully saturated rings. The van der Waals surface area contributed by atoms with Crippen LogP contribution in [0, 0.1) is 18.3 Å². The standard InChI is InChI=1S/C31H26F3N7O2/c1-20(23-12-15-38(3)16-13-23)19-36-29(42)40-28(27-11-14-37-41(27)25-9-7-22(18-35)8-10-25)21(2)39(30(40)43)26-6-4-5-24(17-26)31(32,33)34/h4-17,20H,19H2,1-3H3/p+1. The number of pyridine rings is 1. The first-order valence-corrected chi connectivity index (χ1v) is 13.3. The molecule has 43 heavy (non-hydrogen) atoms. The van der Waals surface area contributed by atoms with E-state index in [1.807, 2.05) is 49.1 Å². The van der Waals surface area contributed by atoms with Crippen LogP contribution in [0.5, 0.6) is 0 Å². The minimum absolute atomic E-state index is 0.0416. The Hall–Kier alpha value is -5.44. The van der Waals surface area contributed by atoms with Gasteiger partial charge in [-0.2, -0.15) is 23.5 Å². The molecule has 218 valence electrons. The van der Waals surface area contributed by atoms with Crippen LogP contribution < -0.4 is 15.6 Å². The summed E-state index contributed by atoms with van der Waals surface area (Å²) in [6, 6.07) is 17.7. The second-order valence-corrected chi connectivity index (χ2v) is 10.1. The van der Waals surface area contributed by atoms with Gasteiger partial charge in [0.15, 0.2) is 12.4 Å². The number of carbonyl (C=O) groups is 1. The predicted molar refractivity (Wildman–Crippen MR) is 152 cm³/mol. The topological polar surface area (TPSA) is 102 Å². The number of aryl methyl sites for hydroxylation is 1. The quantitative estimate of drug-likeness (QED) is 0.287. The first-order valence-electron chi connectivity index (χ1n) is 13.3. The number of benzene rings is 2. The van der Waals surface area contributed by atoms with Gasteiger partial charge in [0.1, 0.15) is 12.7 Å². The number of nitrogens with zero attached hydrogens (tertiary/aromatic N) is 6. The van der Waals surface area contributed by atoms with E-state index in [1.165, 1.54) is 23.0 Å². The molecule has 9 nitrogen and oxygen atoms in total. The molecule has 5 aromatic rings. The maximum Gasteiger partial charge on any atom is 0.416 e. The van der Waals surface area contributed by atoms with Crippen molar-refractivity contribution in [1.29, 1.82) is 5.26 Å². The van der Waals surface area contributed by atoms with Crippen molar-refractivity contribution >= 4 is 6.03 Å². The van der Waals surface area contributed by atoms with Gasteiger partial charge in [0.05, 0.1) is 46.2 Å². The highest BCUT2D eigenvalue weighted by Crippen LogP contribution is 2.32. The monoisotopic (exact) mass is 586 g/mol. The molecule has 1 unspecified atom stereocenters. The Morgan fingerprint density at radius 2 is 1.77 bits per heavy atom. The summed E-state index contributed by atoms with van der Waals surface area (Å²) in [5, 5.41) is 16.4. The summed E-state index contributed by atoms with van der Waals surface area (Å²) in [7, 11) is 1.89. The Morgan fingerprint density at radius 3 is 2.42 bits per heavy atom. The van der Waals surface area contributed by atoms with Crippen molar-refractivity contribution in [2.24, 2.45) is 7.05 Å². The molecule has 12 heteroatoms. The summed E-state index contributed by atoms with van der Waals surface area (Å²) >= 11 is 0. The molecular formula is C31H27F3N7O2+. The fourth-order valence-electron chi connectivity index (χ4n) is 4.86. The number of carbonyl (C=O) groups excluding carboxylic acids is 1. The highest BCUT2D eigenvalue weighted by Gasteiger charge is 2.32. The van der Waals surface area contributed by atoms with Crippen LogP contribution >= 0.6 is 0 Å². The Balaban J connectivity index is 1.63. The van der Waals surface area contributed by atoms with E-state index in [-0.39, 0.29) is 29.5 Å². The van der Waals surface area contributed by atoms with Crippen molar-refractivity contribution in [3.05, 3.63) is 118 Å². The fourth-order valence-corrected chi connectivity index (χ4v) is 4.86. The number of alkyl halides is 3. The van der Waals surface area contributed by atoms with Crippen molar-refractivity contribution in [3.8, 4) is 28.8 Å². The van der Waals surface area contributed by atoms with E-state index < -0.39 is 23.5 Å². The lowest BCUT2D eigenvalue weighted by Gasteiger charge is -2.14. The van der Waals surface area contributed by atoms with Gasteiger partial charge < -0.3 is 5.32 Å². The van der Waals surface area contributed by atoms with Gasteiger partial charge in [0.2, 0.25) is 0 Å². The molecule has 1 amide bonds. The SMILES string of the molecule is Cc1c(-c2ccnn2-c2ccc(C#N)cc2)n(C(=O)NCC(C)c2cc[n+](C)cc2)c(=O)n1-c1cccc(C(F)(F)F)c1. The van der Waals surface area contributed by atoms with E-state index >= 15 is 0 Å². The molecule has 0 aliphatic carbocycles. The van der Waals surface area contributed by atoms with E-state index in [1.54, 1.807) is 37.3 Å². The van der Waals surface area contributed by atoms with Crippen molar-refractivity contribution in [3.63, 3.8) is 0 Å². The molecule has 0 aliphatic rings. The molecule has 3 aromatic heterocycles. The van der Waals surface area contributed by atoms with Gasteiger partial charge in [-0.15, -0.1) is 0 Å². The fraction of sp³-hybridized carbons (Fsp3) is 0.194. The Bertz CT molecular complexity index is 1890. The van der Waals surface area contributed by atoms with E-state index in [2.05, 4.69) is 10.4 Å². The first-order chi connectivity index (χ1) is 20.5. The number of nitrogens with one attached hydrogen (secondary N) is 1. The number of halogens is 3. The average molecular weight is 587 g/mol. The van der Waals surface area contributed by atoms with Gasteiger partial charge in [-0.1, -0.05) is 13.0 Å². The smallest absolute Gasteiger partial charge is 0.337 e. The Labute approximate surface area is 244 Å². The number of hydrogen-bond donors (Lipinski definition) is 1. The maximum atomic E-state index is 13.9. The minimum atomic E-state index is -4.63. The number of rotatable bonds is 6. The third-order valence-corrected chi connectivity index (χ3v) is 7.18. The van der Waals surface area contributed by atoms with Crippen molar-refractivity contribution in [2.45, 2.75) is 25.9 Å². The first kappa shape index (κ1) is 29.1. The van der Waals surface area contributed by atoms with Crippen LogP contribution in [-0.2, 0) is 13.2 Å². The molecule has 0 aliphatic heterocycles. The lowest BCUT2D eigenvalue weighted by Crippen LogP contribution is -2.39. The lowest BCUT2D eigenvalue weighted by atomic mass is 10.0. The number of imidazole rings is 1. The van der Waals surface area contributed by atoms with E-state index in [9.17, 15) is 28.0 Å². The molecule has 0 saturated heterocycles. The second kappa shape index (κ2) is 11.4. The predicted octanol–water partition coefficient (Wildman–Crippen LogP) is 4.88. The Kier molecular flexibility index (Phi) is 7.74. The van der Waals surface area contributed by atoms with Crippen molar-refractivity contribution in [1.82, 2.24) is 24.2 Å². The number of nitriles is 1. The van der Waals surface area contributed by atoms with Crippen LogP contribution in [0.25, 0.3) is 22.8 Å².